The van der Waals surface area contributed by atoms with Gasteiger partial charge in [0, 0.05) is 31.6 Å². The molecule has 5 N–H and O–H groups in total. The number of nitrogens with zero attached hydrogens (tertiary/aromatic N) is 2. The number of aromatic amines is 1. The zero-order valence-corrected chi connectivity index (χ0v) is 10.7. The van der Waals surface area contributed by atoms with Gasteiger partial charge >= 0.3 is 0 Å². The number of hydrogen-bond acceptors (Lipinski definition) is 5. The summed E-state index contributed by atoms with van der Waals surface area (Å²) in [5.41, 5.74) is 2.01. The minimum Gasteiger partial charge on any atom is -0.352 e. The molecule has 0 aliphatic heterocycles. The van der Waals surface area contributed by atoms with Crippen molar-refractivity contribution in [1.29, 1.82) is 0 Å². The van der Waals surface area contributed by atoms with Crippen LogP contribution in [0.1, 0.15) is 22.6 Å². The van der Waals surface area contributed by atoms with Crippen LogP contribution in [0.3, 0.4) is 0 Å². The van der Waals surface area contributed by atoms with E-state index in [2.05, 4.69) is 25.7 Å². The van der Waals surface area contributed by atoms with Crippen LogP contribution >= 0.6 is 0 Å². The van der Waals surface area contributed by atoms with Crippen molar-refractivity contribution in [1.82, 2.24) is 20.3 Å². The first-order valence-corrected chi connectivity index (χ1v) is 6.10. The number of amides is 1. The Morgan fingerprint density at radius 3 is 2.95 bits per heavy atom. The molecule has 0 aliphatic rings. The van der Waals surface area contributed by atoms with Crippen molar-refractivity contribution in [3.8, 4) is 0 Å². The Morgan fingerprint density at radius 2 is 2.25 bits per heavy atom. The summed E-state index contributed by atoms with van der Waals surface area (Å²) in [5, 5.41) is 2.64. The standard InChI is InChI=1S/C12H15FN6O/c13-10-8(3-5-17-11(10)19-14)12(20)18-4-1-2-9-15-6-7-16-9/h3,5-7H,1-2,4,14H2,(H,15,16)(H,17,19)(H,18,20). The summed E-state index contributed by atoms with van der Waals surface area (Å²) in [7, 11) is 0. The molecule has 0 atom stereocenters. The fourth-order valence-corrected chi connectivity index (χ4v) is 1.71. The average Bonchev–Trinajstić information content (AvgIpc) is 2.97. The van der Waals surface area contributed by atoms with Crippen molar-refractivity contribution < 1.29 is 9.18 Å². The number of H-pyrrole nitrogens is 1. The molecule has 2 heterocycles. The van der Waals surface area contributed by atoms with Crippen LogP contribution in [0, 0.1) is 5.82 Å². The second kappa shape index (κ2) is 6.62. The lowest BCUT2D eigenvalue weighted by atomic mass is 10.2. The molecule has 1 amide bonds. The Morgan fingerprint density at radius 1 is 1.40 bits per heavy atom. The molecule has 2 rings (SSSR count). The van der Waals surface area contributed by atoms with Gasteiger partial charge in [0.2, 0.25) is 0 Å². The van der Waals surface area contributed by atoms with Gasteiger partial charge in [0.1, 0.15) is 5.82 Å². The van der Waals surface area contributed by atoms with Gasteiger partial charge in [-0.3, -0.25) is 4.79 Å². The van der Waals surface area contributed by atoms with Crippen LogP contribution in [0.5, 0.6) is 0 Å². The number of halogens is 1. The lowest BCUT2D eigenvalue weighted by molar-refractivity contribution is 0.0949. The Bertz CT molecular complexity index is 571. The highest BCUT2D eigenvalue weighted by Gasteiger charge is 2.14. The van der Waals surface area contributed by atoms with Crippen LogP contribution in [-0.4, -0.2) is 27.4 Å². The van der Waals surface area contributed by atoms with Gasteiger partial charge in [-0.25, -0.2) is 20.2 Å². The quantitative estimate of drug-likeness (QED) is 0.351. The number of anilines is 1. The summed E-state index contributed by atoms with van der Waals surface area (Å²) in [4.78, 5) is 22.5. The average molecular weight is 278 g/mol. The first kappa shape index (κ1) is 13.9. The third kappa shape index (κ3) is 3.29. The summed E-state index contributed by atoms with van der Waals surface area (Å²) < 4.78 is 13.8. The van der Waals surface area contributed by atoms with Gasteiger partial charge in [0.15, 0.2) is 11.6 Å². The minimum atomic E-state index is -0.765. The molecule has 0 fully saturated rings. The van der Waals surface area contributed by atoms with Crippen molar-refractivity contribution >= 4 is 11.7 Å². The molecule has 0 spiro atoms. The highest BCUT2D eigenvalue weighted by molar-refractivity contribution is 5.95. The number of imidazole rings is 1. The Kier molecular flexibility index (Phi) is 4.61. The first-order valence-electron chi connectivity index (χ1n) is 6.10. The molecule has 0 aliphatic carbocycles. The van der Waals surface area contributed by atoms with Crippen LogP contribution < -0.4 is 16.6 Å². The van der Waals surface area contributed by atoms with Crippen molar-refractivity contribution in [2.75, 3.05) is 12.0 Å². The normalized spacial score (nSPS) is 10.3. The van der Waals surface area contributed by atoms with E-state index < -0.39 is 11.7 Å². The first-order chi connectivity index (χ1) is 9.72. The van der Waals surface area contributed by atoms with Crippen LogP contribution in [0.4, 0.5) is 10.2 Å². The second-order valence-corrected chi connectivity index (χ2v) is 4.06. The number of nitrogens with one attached hydrogen (secondary N) is 3. The van der Waals surface area contributed by atoms with Crippen LogP contribution in [0.25, 0.3) is 0 Å². The number of carbonyl (C=O) groups is 1. The Labute approximate surface area is 114 Å². The lowest BCUT2D eigenvalue weighted by Crippen LogP contribution is -2.26. The molecule has 2 aromatic rings. The van der Waals surface area contributed by atoms with Gasteiger partial charge in [-0.1, -0.05) is 0 Å². The molecule has 7 nitrogen and oxygen atoms in total. The highest BCUT2D eigenvalue weighted by atomic mass is 19.1. The number of aromatic nitrogens is 3. The van der Waals surface area contributed by atoms with E-state index in [0.717, 1.165) is 5.82 Å². The van der Waals surface area contributed by atoms with Crippen molar-refractivity contribution in [2.45, 2.75) is 12.8 Å². The Hall–Kier alpha value is -2.48. The molecule has 0 saturated heterocycles. The molecular formula is C12H15FN6O. The topological polar surface area (TPSA) is 109 Å². The van der Waals surface area contributed by atoms with Gasteiger partial charge < -0.3 is 15.7 Å². The minimum absolute atomic E-state index is 0.0917. The number of aryl methyl sites for hydroxylation is 1. The Balaban J connectivity index is 1.86. The maximum absolute atomic E-state index is 13.8. The molecule has 0 radical (unpaired) electrons. The van der Waals surface area contributed by atoms with Gasteiger partial charge in [-0.2, -0.15) is 0 Å². The van der Waals surface area contributed by atoms with E-state index in [1.54, 1.807) is 12.4 Å². The number of rotatable bonds is 6. The summed E-state index contributed by atoms with van der Waals surface area (Å²) in [5.74, 6) is 4.53. The van der Waals surface area contributed by atoms with E-state index in [0.29, 0.717) is 19.4 Å². The molecule has 0 aromatic carbocycles. The van der Waals surface area contributed by atoms with Crippen molar-refractivity contribution in [3.63, 3.8) is 0 Å². The highest BCUT2D eigenvalue weighted by Crippen LogP contribution is 2.13. The summed E-state index contributed by atoms with van der Waals surface area (Å²) in [6.07, 6.45) is 6.13. The molecule has 20 heavy (non-hydrogen) atoms. The van der Waals surface area contributed by atoms with Crippen LogP contribution in [-0.2, 0) is 6.42 Å². The van der Waals surface area contributed by atoms with Crippen LogP contribution in [0.2, 0.25) is 0 Å². The summed E-state index contributed by atoms with van der Waals surface area (Å²) >= 11 is 0. The number of nitrogen functional groups attached to an aromatic ring is 1. The van der Waals surface area contributed by atoms with E-state index >= 15 is 0 Å². The molecule has 8 heteroatoms. The molecule has 0 bridgehead atoms. The van der Waals surface area contributed by atoms with Crippen LogP contribution in [0.15, 0.2) is 24.7 Å². The molecular weight excluding hydrogens is 263 g/mol. The molecule has 0 saturated carbocycles. The zero-order chi connectivity index (χ0) is 14.4. The molecule has 106 valence electrons. The predicted molar refractivity (Wildman–Crippen MR) is 71.2 cm³/mol. The third-order valence-corrected chi connectivity index (χ3v) is 2.70. The lowest BCUT2D eigenvalue weighted by Gasteiger charge is -2.07. The smallest absolute Gasteiger partial charge is 0.254 e. The largest absolute Gasteiger partial charge is 0.352 e. The number of hydrazine groups is 1. The number of hydrogen-bond donors (Lipinski definition) is 4. The number of pyridine rings is 1. The van der Waals surface area contributed by atoms with E-state index in [9.17, 15) is 9.18 Å². The van der Waals surface area contributed by atoms with E-state index in [4.69, 9.17) is 5.84 Å². The summed E-state index contributed by atoms with van der Waals surface area (Å²) in [6, 6.07) is 1.30. The van der Waals surface area contributed by atoms with Crippen molar-refractivity contribution in [3.05, 3.63) is 41.9 Å². The number of carbonyl (C=O) groups excluding carboxylic acids is 1. The van der Waals surface area contributed by atoms with Gasteiger partial charge in [-0.05, 0) is 12.5 Å². The second-order valence-electron chi connectivity index (χ2n) is 4.06. The third-order valence-electron chi connectivity index (χ3n) is 2.70. The maximum atomic E-state index is 13.8. The SMILES string of the molecule is NNc1nccc(C(=O)NCCCc2ncc[nH]2)c1F. The summed E-state index contributed by atoms with van der Waals surface area (Å²) in [6.45, 7) is 0.423. The molecule has 2 aromatic heterocycles. The van der Waals surface area contributed by atoms with E-state index in [-0.39, 0.29) is 11.4 Å². The maximum Gasteiger partial charge on any atom is 0.254 e. The fraction of sp³-hybridized carbons (Fsp3) is 0.250. The van der Waals surface area contributed by atoms with Gasteiger partial charge in [0.25, 0.3) is 5.91 Å². The van der Waals surface area contributed by atoms with E-state index in [1.165, 1.54) is 12.3 Å². The van der Waals surface area contributed by atoms with Gasteiger partial charge in [0.05, 0.1) is 5.56 Å². The molecule has 0 unspecified atom stereocenters. The predicted octanol–water partition coefficient (Wildman–Crippen LogP) is 0.592. The van der Waals surface area contributed by atoms with Gasteiger partial charge in [-0.15, -0.1) is 0 Å². The number of nitrogens with two attached hydrogens (primary N) is 1. The fourth-order valence-electron chi connectivity index (χ4n) is 1.71. The van der Waals surface area contributed by atoms with Crippen molar-refractivity contribution in [2.24, 2.45) is 5.84 Å². The zero-order valence-electron chi connectivity index (χ0n) is 10.7. The van der Waals surface area contributed by atoms with E-state index in [1.807, 2.05) is 0 Å². The monoisotopic (exact) mass is 278 g/mol.